The molecule has 0 saturated carbocycles. The number of alkyl halides is 3. The van der Waals surface area contributed by atoms with E-state index < -0.39 is 11.7 Å². The van der Waals surface area contributed by atoms with Crippen molar-refractivity contribution in [3.8, 4) is 0 Å². The Bertz CT molecular complexity index is 993. The maximum absolute atomic E-state index is 13.2. The minimum absolute atomic E-state index is 0.176. The minimum atomic E-state index is -4.46. The summed E-state index contributed by atoms with van der Waals surface area (Å²) in [5.74, 6) is -0.322. The Kier molecular flexibility index (Phi) is 6.77. The Morgan fingerprint density at radius 1 is 1.24 bits per heavy atom. The van der Waals surface area contributed by atoms with Crippen LogP contribution in [0.3, 0.4) is 0 Å². The van der Waals surface area contributed by atoms with E-state index in [0.29, 0.717) is 36.2 Å². The molecule has 1 aromatic carbocycles. The van der Waals surface area contributed by atoms with Crippen LogP contribution in [0.5, 0.6) is 0 Å². The van der Waals surface area contributed by atoms with Crippen LogP contribution >= 0.6 is 22.9 Å². The van der Waals surface area contributed by atoms with Gasteiger partial charge in [-0.1, -0.05) is 17.7 Å². The van der Waals surface area contributed by atoms with E-state index in [1.165, 1.54) is 6.07 Å². The first-order chi connectivity index (χ1) is 13.8. The summed E-state index contributed by atoms with van der Waals surface area (Å²) in [5, 5.41) is 0.615. The van der Waals surface area contributed by atoms with E-state index in [1.807, 2.05) is 0 Å². The molecule has 0 atom stereocenters. The molecule has 0 aliphatic rings. The third kappa shape index (κ3) is 5.07. The number of nitrogens with zero attached hydrogens (tertiary/aromatic N) is 2. The number of halogens is 4. The van der Waals surface area contributed by atoms with Crippen molar-refractivity contribution in [1.29, 1.82) is 0 Å². The van der Waals surface area contributed by atoms with Crippen LogP contribution in [0.2, 0.25) is 5.02 Å². The van der Waals surface area contributed by atoms with E-state index in [0.717, 1.165) is 29.0 Å². The molecule has 4 nitrogen and oxygen atoms in total. The first-order valence-corrected chi connectivity index (χ1v) is 9.97. The number of carbonyl (C=O) groups is 1. The monoisotopic (exact) mass is 442 g/mol. The van der Waals surface area contributed by atoms with Gasteiger partial charge in [0.05, 0.1) is 10.6 Å². The van der Waals surface area contributed by atoms with Gasteiger partial charge in [0.25, 0.3) is 5.91 Å². The van der Waals surface area contributed by atoms with Crippen molar-refractivity contribution in [2.45, 2.75) is 19.1 Å². The zero-order chi connectivity index (χ0) is 21.0. The molecule has 0 fully saturated rings. The van der Waals surface area contributed by atoms with E-state index in [9.17, 15) is 18.0 Å². The predicted molar refractivity (Wildman–Crippen MR) is 107 cm³/mol. The van der Waals surface area contributed by atoms with Crippen LogP contribution in [0.15, 0.2) is 42.7 Å². The van der Waals surface area contributed by atoms with Gasteiger partial charge in [0.15, 0.2) is 0 Å². The van der Waals surface area contributed by atoms with Crippen LogP contribution in [0.25, 0.3) is 10.1 Å². The van der Waals surface area contributed by atoms with Crippen molar-refractivity contribution in [2.24, 2.45) is 0 Å². The molecule has 0 N–H and O–H groups in total. The van der Waals surface area contributed by atoms with Gasteiger partial charge in [-0.05, 0) is 36.2 Å². The highest BCUT2D eigenvalue weighted by molar-refractivity contribution is 7.21. The van der Waals surface area contributed by atoms with Gasteiger partial charge >= 0.3 is 6.18 Å². The molecule has 0 radical (unpaired) electrons. The molecule has 2 aromatic heterocycles. The molecule has 0 aliphatic heterocycles. The third-order valence-electron chi connectivity index (χ3n) is 4.34. The molecule has 0 saturated heterocycles. The second-order valence-electron chi connectivity index (χ2n) is 6.38. The first-order valence-electron chi connectivity index (χ1n) is 8.77. The smallest absolute Gasteiger partial charge is 0.385 e. The number of hydrogen-bond acceptors (Lipinski definition) is 4. The molecule has 0 unspecified atom stereocenters. The minimum Gasteiger partial charge on any atom is -0.385 e. The van der Waals surface area contributed by atoms with Gasteiger partial charge in [-0.25, -0.2) is 0 Å². The van der Waals surface area contributed by atoms with Crippen LogP contribution in [0.4, 0.5) is 13.2 Å². The molecular formula is C20H18ClF3N2O2S. The number of fused-ring (bicyclic) bond motifs is 1. The Hall–Kier alpha value is -2.16. The molecule has 0 aliphatic carbocycles. The van der Waals surface area contributed by atoms with Gasteiger partial charge in [-0.2, -0.15) is 13.2 Å². The highest BCUT2D eigenvalue weighted by atomic mass is 35.5. The Balaban J connectivity index is 1.93. The second kappa shape index (κ2) is 9.11. The van der Waals surface area contributed by atoms with E-state index >= 15 is 0 Å². The number of amides is 1. The summed E-state index contributed by atoms with van der Waals surface area (Å²) in [7, 11) is 1.58. The van der Waals surface area contributed by atoms with Gasteiger partial charge in [0.2, 0.25) is 0 Å². The van der Waals surface area contributed by atoms with E-state index in [-0.39, 0.29) is 15.8 Å². The summed E-state index contributed by atoms with van der Waals surface area (Å²) in [6.07, 6.45) is -0.563. The number of carbonyl (C=O) groups excluding carboxylic acids is 1. The van der Waals surface area contributed by atoms with Crippen molar-refractivity contribution >= 4 is 38.9 Å². The highest BCUT2D eigenvalue weighted by Crippen LogP contribution is 2.39. The first kappa shape index (κ1) is 21.5. The van der Waals surface area contributed by atoms with Gasteiger partial charge < -0.3 is 9.64 Å². The lowest BCUT2D eigenvalue weighted by Crippen LogP contribution is -2.31. The standard InChI is InChI=1S/C20H18ClF3N2O2S/c1-28-10-2-9-26(12-13-5-7-25-8-6-13)19(27)18-17(21)15-4-3-14(20(22,23)24)11-16(15)29-18/h3-8,11H,2,9-10,12H2,1H3. The summed E-state index contributed by atoms with van der Waals surface area (Å²) < 4.78 is 44.4. The highest BCUT2D eigenvalue weighted by Gasteiger charge is 2.31. The average Bonchev–Trinajstić information content (AvgIpc) is 3.03. The largest absolute Gasteiger partial charge is 0.416 e. The number of aromatic nitrogens is 1. The molecule has 3 aromatic rings. The molecule has 0 bridgehead atoms. The normalized spacial score (nSPS) is 11.8. The second-order valence-corrected chi connectivity index (χ2v) is 7.81. The number of pyridine rings is 1. The van der Waals surface area contributed by atoms with E-state index in [4.69, 9.17) is 16.3 Å². The summed E-state index contributed by atoms with van der Waals surface area (Å²) in [6, 6.07) is 6.92. The molecular weight excluding hydrogens is 425 g/mol. The van der Waals surface area contributed by atoms with Crippen molar-refractivity contribution in [3.05, 3.63) is 63.8 Å². The van der Waals surface area contributed by atoms with Crippen molar-refractivity contribution in [2.75, 3.05) is 20.3 Å². The van der Waals surface area contributed by atoms with Gasteiger partial charge in [-0.3, -0.25) is 9.78 Å². The molecule has 9 heteroatoms. The fourth-order valence-electron chi connectivity index (χ4n) is 2.88. The lowest BCUT2D eigenvalue weighted by atomic mass is 10.1. The molecule has 2 heterocycles. The molecule has 1 amide bonds. The lowest BCUT2D eigenvalue weighted by molar-refractivity contribution is -0.137. The number of rotatable bonds is 7. The fourth-order valence-corrected chi connectivity index (χ4v) is 4.40. The Labute approximate surface area is 174 Å². The maximum Gasteiger partial charge on any atom is 0.416 e. The van der Waals surface area contributed by atoms with Crippen molar-refractivity contribution in [1.82, 2.24) is 9.88 Å². The number of benzene rings is 1. The van der Waals surface area contributed by atoms with E-state index in [1.54, 1.807) is 36.5 Å². The summed E-state index contributed by atoms with van der Waals surface area (Å²) in [5.41, 5.74) is 0.123. The zero-order valence-corrected chi connectivity index (χ0v) is 17.1. The number of hydrogen-bond donors (Lipinski definition) is 0. The van der Waals surface area contributed by atoms with Gasteiger partial charge in [0.1, 0.15) is 4.88 Å². The van der Waals surface area contributed by atoms with Crippen LogP contribution < -0.4 is 0 Å². The van der Waals surface area contributed by atoms with Crippen molar-refractivity contribution in [3.63, 3.8) is 0 Å². The molecule has 3 rings (SSSR count). The maximum atomic E-state index is 13.2. The summed E-state index contributed by atoms with van der Waals surface area (Å²) in [4.78, 5) is 19.0. The van der Waals surface area contributed by atoms with Crippen molar-refractivity contribution < 1.29 is 22.7 Å². The Morgan fingerprint density at radius 2 is 1.97 bits per heavy atom. The summed E-state index contributed by atoms with van der Waals surface area (Å²) >= 11 is 7.35. The number of thiophene rings is 1. The summed E-state index contributed by atoms with van der Waals surface area (Å²) in [6.45, 7) is 1.24. The van der Waals surface area contributed by atoms with Crippen LogP contribution in [-0.2, 0) is 17.5 Å². The molecule has 154 valence electrons. The Morgan fingerprint density at radius 3 is 2.62 bits per heavy atom. The fraction of sp³-hybridized carbons (Fsp3) is 0.300. The molecule has 29 heavy (non-hydrogen) atoms. The van der Waals surface area contributed by atoms with E-state index in [2.05, 4.69) is 4.98 Å². The SMILES string of the molecule is COCCCN(Cc1ccncc1)C(=O)c1sc2cc(C(F)(F)F)ccc2c1Cl. The topological polar surface area (TPSA) is 42.4 Å². The van der Waals surface area contributed by atoms with Crippen LogP contribution in [0.1, 0.15) is 27.2 Å². The van der Waals surface area contributed by atoms with Gasteiger partial charge in [0, 0.05) is 49.3 Å². The zero-order valence-electron chi connectivity index (χ0n) is 15.5. The average molecular weight is 443 g/mol. The predicted octanol–water partition coefficient (Wildman–Crippen LogP) is 5.65. The van der Waals surface area contributed by atoms with Crippen LogP contribution in [0, 0.1) is 0 Å². The third-order valence-corrected chi connectivity index (χ3v) is 5.98. The van der Waals surface area contributed by atoms with Gasteiger partial charge in [-0.15, -0.1) is 11.3 Å². The quantitative estimate of drug-likeness (QED) is 0.444. The van der Waals surface area contributed by atoms with Crippen LogP contribution in [-0.4, -0.2) is 36.1 Å². The molecule has 0 spiro atoms. The lowest BCUT2D eigenvalue weighted by Gasteiger charge is -2.22. The number of ether oxygens (including phenoxy) is 1. The number of methoxy groups -OCH3 is 1.